The van der Waals surface area contributed by atoms with Gasteiger partial charge in [-0.1, -0.05) is 44.2 Å². The summed E-state index contributed by atoms with van der Waals surface area (Å²) < 4.78 is 52.1. The summed E-state index contributed by atoms with van der Waals surface area (Å²) >= 11 is 0. The third-order valence-corrected chi connectivity index (χ3v) is 10.8. The molecule has 2 aromatic rings. The number of sulfonamides is 1. The number of nitrogens with one attached hydrogen (secondary N) is 1. The Morgan fingerprint density at radius 3 is 2.50 bits per heavy atom. The zero-order valence-electron chi connectivity index (χ0n) is 25.8. The highest BCUT2D eigenvalue weighted by molar-refractivity contribution is 7.89. The molecule has 1 amide bonds. The summed E-state index contributed by atoms with van der Waals surface area (Å²) in [7, 11) is -2.43. The van der Waals surface area contributed by atoms with Crippen molar-refractivity contribution < 1.29 is 37.3 Å². The normalized spacial score (nSPS) is 26.5. The number of aliphatic hydroxyl groups is 1. The van der Waals surface area contributed by atoms with Crippen molar-refractivity contribution in [2.24, 2.45) is 17.8 Å². The maximum absolute atomic E-state index is 13.7. The summed E-state index contributed by atoms with van der Waals surface area (Å²) in [6.07, 6.45) is 2.43. The molecular formula is C33H46N2O8S. The van der Waals surface area contributed by atoms with Crippen LogP contribution in [0, 0.1) is 17.8 Å². The van der Waals surface area contributed by atoms with Gasteiger partial charge in [0.1, 0.15) is 11.9 Å². The minimum absolute atomic E-state index is 0.00110. The SMILES string of the molecule is COc1ccc(S(=O)(=O)N(CC(C)C)C[C@@H](O)[C@H](Cc2ccccc2)NC(=O)O[C@H]2CCCC3O[C@H]4OCCC[C@H]4C32)cc1. The van der Waals surface area contributed by atoms with Gasteiger partial charge in [0, 0.05) is 31.5 Å². The highest BCUT2D eigenvalue weighted by Crippen LogP contribution is 2.46. The van der Waals surface area contributed by atoms with E-state index >= 15 is 0 Å². The molecule has 0 spiro atoms. The lowest BCUT2D eigenvalue weighted by Gasteiger charge is -2.36. The van der Waals surface area contributed by atoms with Crippen LogP contribution >= 0.6 is 0 Å². The number of hydrogen-bond donors (Lipinski definition) is 2. The van der Waals surface area contributed by atoms with Crippen LogP contribution in [0.1, 0.15) is 51.5 Å². The Bertz CT molecular complexity index is 1320. The second kappa shape index (κ2) is 14.6. The van der Waals surface area contributed by atoms with Crippen LogP contribution in [-0.4, -0.2) is 81.4 Å². The van der Waals surface area contributed by atoms with Gasteiger partial charge in [-0.15, -0.1) is 0 Å². The molecule has 3 aliphatic rings. The molecule has 10 nitrogen and oxygen atoms in total. The summed E-state index contributed by atoms with van der Waals surface area (Å²) in [6, 6.07) is 14.9. The molecule has 11 heteroatoms. The number of benzene rings is 2. The molecule has 1 saturated carbocycles. The van der Waals surface area contributed by atoms with Crippen LogP contribution in [0.3, 0.4) is 0 Å². The highest BCUT2D eigenvalue weighted by atomic mass is 32.2. The number of hydrogen-bond acceptors (Lipinski definition) is 8. The molecule has 0 aromatic heterocycles. The van der Waals surface area contributed by atoms with E-state index in [1.165, 1.54) is 23.5 Å². The van der Waals surface area contributed by atoms with Gasteiger partial charge in [0.15, 0.2) is 6.29 Å². The quantitative estimate of drug-likeness (QED) is 0.355. The van der Waals surface area contributed by atoms with Gasteiger partial charge in [-0.25, -0.2) is 13.2 Å². The van der Waals surface area contributed by atoms with E-state index in [-0.39, 0.29) is 54.2 Å². The summed E-state index contributed by atoms with van der Waals surface area (Å²) in [5.74, 6) is 0.824. The van der Waals surface area contributed by atoms with Gasteiger partial charge in [0.05, 0.1) is 30.3 Å². The first-order valence-electron chi connectivity index (χ1n) is 15.8. The van der Waals surface area contributed by atoms with Gasteiger partial charge in [0.25, 0.3) is 0 Å². The molecule has 44 heavy (non-hydrogen) atoms. The first-order chi connectivity index (χ1) is 21.2. The maximum Gasteiger partial charge on any atom is 0.407 e. The van der Waals surface area contributed by atoms with Crippen LogP contribution < -0.4 is 10.1 Å². The number of methoxy groups -OCH3 is 1. The summed E-state index contributed by atoms with van der Waals surface area (Å²) in [5.41, 5.74) is 0.898. The van der Waals surface area contributed by atoms with Crippen LogP contribution in [-0.2, 0) is 30.7 Å². The van der Waals surface area contributed by atoms with Crippen molar-refractivity contribution in [1.29, 1.82) is 0 Å². The number of ether oxygens (including phenoxy) is 4. The zero-order chi connectivity index (χ0) is 31.3. The number of rotatable bonds is 12. The van der Waals surface area contributed by atoms with Crippen LogP contribution in [0.2, 0.25) is 0 Å². The second-order valence-corrected chi connectivity index (χ2v) is 14.5. The fourth-order valence-corrected chi connectivity index (χ4v) is 8.46. The molecule has 2 aromatic carbocycles. The number of amides is 1. The second-order valence-electron chi connectivity index (χ2n) is 12.6. The maximum atomic E-state index is 13.7. The standard InChI is InChI=1S/C33H46N2O8S/c1-22(2)20-35(44(38,39)25-16-14-24(40-3)15-17-25)21-28(36)27(19-23-9-5-4-6-10-23)34-33(37)43-30-13-7-12-29-31(30)26-11-8-18-41-32(26)42-29/h4-6,9-10,14-17,22,26-32,36H,7-8,11-13,18-21H2,1-3H3,(H,34,37)/t26-,27-,28+,29?,30-,31?,32+/m0/s1. The highest BCUT2D eigenvalue weighted by Gasteiger charge is 2.52. The van der Waals surface area contributed by atoms with Gasteiger partial charge < -0.3 is 29.4 Å². The van der Waals surface area contributed by atoms with E-state index in [0.29, 0.717) is 18.8 Å². The topological polar surface area (TPSA) is 124 Å². The lowest BCUT2D eigenvalue weighted by Crippen LogP contribution is -2.52. The number of carbonyl (C=O) groups excluding carboxylic acids is 1. The average Bonchev–Trinajstić information content (AvgIpc) is 3.40. The van der Waals surface area contributed by atoms with Crippen LogP contribution in [0.4, 0.5) is 4.79 Å². The Morgan fingerprint density at radius 2 is 1.80 bits per heavy atom. The van der Waals surface area contributed by atoms with Crippen molar-refractivity contribution in [2.75, 3.05) is 26.8 Å². The van der Waals surface area contributed by atoms with E-state index in [1.54, 1.807) is 12.1 Å². The molecule has 2 N–H and O–H groups in total. The molecule has 0 bridgehead atoms. The first-order valence-corrected chi connectivity index (χ1v) is 17.2. The largest absolute Gasteiger partial charge is 0.497 e. The van der Waals surface area contributed by atoms with Gasteiger partial charge in [0.2, 0.25) is 10.0 Å². The third kappa shape index (κ3) is 7.74. The zero-order valence-corrected chi connectivity index (χ0v) is 26.7. The molecule has 2 saturated heterocycles. The van der Waals surface area contributed by atoms with E-state index < -0.39 is 28.3 Å². The molecular weight excluding hydrogens is 584 g/mol. The Balaban J connectivity index is 1.32. The number of nitrogens with zero attached hydrogens (tertiary/aromatic N) is 1. The Labute approximate surface area is 261 Å². The number of aliphatic hydroxyl groups excluding tert-OH is 1. The monoisotopic (exact) mass is 630 g/mol. The van der Waals surface area contributed by atoms with Gasteiger partial charge in [-0.3, -0.25) is 0 Å². The van der Waals surface area contributed by atoms with E-state index in [0.717, 1.165) is 37.7 Å². The number of alkyl carbamates (subject to hydrolysis) is 1. The lowest BCUT2D eigenvalue weighted by atomic mass is 9.75. The van der Waals surface area contributed by atoms with Crippen molar-refractivity contribution in [2.45, 2.75) is 87.9 Å². The van der Waals surface area contributed by atoms with Gasteiger partial charge in [-0.2, -0.15) is 4.31 Å². The van der Waals surface area contributed by atoms with Gasteiger partial charge in [-0.05, 0) is 74.3 Å². The molecule has 7 atom stereocenters. The fraction of sp³-hybridized carbons (Fsp3) is 0.606. The van der Waals surface area contributed by atoms with Crippen molar-refractivity contribution >= 4 is 16.1 Å². The Morgan fingerprint density at radius 1 is 1.05 bits per heavy atom. The predicted octanol–water partition coefficient (Wildman–Crippen LogP) is 4.36. The summed E-state index contributed by atoms with van der Waals surface area (Å²) in [6.45, 7) is 4.53. The summed E-state index contributed by atoms with van der Waals surface area (Å²) in [4.78, 5) is 13.6. The third-order valence-electron chi connectivity index (χ3n) is 8.93. The molecule has 5 rings (SSSR count). The van der Waals surface area contributed by atoms with E-state index in [1.807, 2.05) is 44.2 Å². The van der Waals surface area contributed by atoms with Crippen LogP contribution in [0.15, 0.2) is 59.5 Å². The number of carbonyl (C=O) groups is 1. The average molecular weight is 631 g/mol. The smallest absolute Gasteiger partial charge is 0.407 e. The minimum Gasteiger partial charge on any atom is -0.497 e. The minimum atomic E-state index is -3.95. The number of fused-ring (bicyclic) bond motifs is 3. The molecule has 242 valence electrons. The molecule has 2 heterocycles. The molecule has 2 unspecified atom stereocenters. The molecule has 2 aliphatic heterocycles. The Kier molecular flexibility index (Phi) is 10.8. The predicted molar refractivity (Wildman–Crippen MR) is 165 cm³/mol. The van der Waals surface area contributed by atoms with Crippen molar-refractivity contribution in [3.8, 4) is 5.75 Å². The first kappa shape index (κ1) is 32.7. The van der Waals surface area contributed by atoms with E-state index in [9.17, 15) is 18.3 Å². The van der Waals surface area contributed by atoms with Crippen molar-refractivity contribution in [1.82, 2.24) is 9.62 Å². The van der Waals surface area contributed by atoms with Crippen molar-refractivity contribution in [3.63, 3.8) is 0 Å². The Hall–Kier alpha value is -2.70. The van der Waals surface area contributed by atoms with E-state index in [2.05, 4.69) is 5.32 Å². The molecule has 0 radical (unpaired) electrons. The molecule has 1 aliphatic carbocycles. The summed E-state index contributed by atoms with van der Waals surface area (Å²) in [5, 5.41) is 14.5. The van der Waals surface area contributed by atoms with Crippen molar-refractivity contribution in [3.05, 3.63) is 60.2 Å². The van der Waals surface area contributed by atoms with Crippen LogP contribution in [0.25, 0.3) is 0 Å². The fourth-order valence-electron chi connectivity index (χ4n) is 6.84. The van der Waals surface area contributed by atoms with Crippen LogP contribution in [0.5, 0.6) is 5.75 Å². The lowest BCUT2D eigenvalue weighted by molar-refractivity contribution is -0.167. The van der Waals surface area contributed by atoms with E-state index in [4.69, 9.17) is 18.9 Å². The molecule has 3 fully saturated rings. The van der Waals surface area contributed by atoms with Gasteiger partial charge >= 0.3 is 6.09 Å².